The van der Waals surface area contributed by atoms with Gasteiger partial charge in [0.15, 0.2) is 0 Å². The molecule has 8 heteroatoms. The number of alkyl halides is 2. The van der Waals surface area contributed by atoms with Crippen molar-refractivity contribution in [3.05, 3.63) is 45.9 Å². The number of likely N-dealkylation sites (tertiary alicyclic amines) is 1. The Morgan fingerprint density at radius 3 is 2.69 bits per heavy atom. The molecular weight excluding hydrogens is 340 g/mol. The van der Waals surface area contributed by atoms with Crippen molar-refractivity contribution in [2.45, 2.75) is 51.7 Å². The van der Waals surface area contributed by atoms with Gasteiger partial charge in [-0.1, -0.05) is 0 Å². The number of aryl methyl sites for hydroxylation is 2. The summed E-state index contributed by atoms with van der Waals surface area (Å²) in [6, 6.07) is 3.16. The molecule has 4 rings (SSSR count). The molecule has 0 atom stereocenters. The van der Waals surface area contributed by atoms with Crippen molar-refractivity contribution in [1.29, 1.82) is 0 Å². The summed E-state index contributed by atoms with van der Waals surface area (Å²) in [5, 5.41) is 4.67. The van der Waals surface area contributed by atoms with Crippen molar-refractivity contribution in [3.63, 3.8) is 0 Å². The molecule has 0 amide bonds. The van der Waals surface area contributed by atoms with Crippen molar-refractivity contribution >= 4 is 0 Å². The molecule has 0 unspecified atom stereocenters. The van der Waals surface area contributed by atoms with Gasteiger partial charge in [0.1, 0.15) is 5.69 Å². The second-order valence-corrected chi connectivity index (χ2v) is 7.28. The van der Waals surface area contributed by atoms with Crippen LogP contribution in [0.5, 0.6) is 0 Å². The van der Waals surface area contributed by atoms with Crippen LogP contribution in [0.2, 0.25) is 0 Å². The highest BCUT2D eigenvalue weighted by Gasteiger charge is 2.22. The highest BCUT2D eigenvalue weighted by molar-refractivity contribution is 5.13. The number of fused-ring (bicyclic) bond motifs is 1. The van der Waals surface area contributed by atoms with Gasteiger partial charge >= 0.3 is 0 Å². The van der Waals surface area contributed by atoms with Crippen LogP contribution in [0.25, 0.3) is 0 Å². The van der Waals surface area contributed by atoms with Crippen LogP contribution in [-0.2, 0) is 26.1 Å². The minimum absolute atomic E-state index is 0.371. The molecule has 2 aromatic rings. The number of hydrogen-bond donors (Lipinski definition) is 0. The van der Waals surface area contributed by atoms with Crippen LogP contribution >= 0.6 is 0 Å². The highest BCUT2D eigenvalue weighted by atomic mass is 19.3. The average molecular weight is 363 g/mol. The Labute approximate surface area is 150 Å². The third-order valence-electron chi connectivity index (χ3n) is 5.39. The Morgan fingerprint density at radius 2 is 2.00 bits per heavy atom. The smallest absolute Gasteiger partial charge is 0.280 e. The maximum atomic E-state index is 12.6. The summed E-state index contributed by atoms with van der Waals surface area (Å²) >= 11 is 0. The predicted molar refractivity (Wildman–Crippen MR) is 92.0 cm³/mol. The molecule has 1 fully saturated rings. The van der Waals surface area contributed by atoms with Gasteiger partial charge in [0.2, 0.25) is 0 Å². The first-order valence-corrected chi connectivity index (χ1v) is 9.21. The van der Waals surface area contributed by atoms with Gasteiger partial charge in [-0.25, -0.2) is 13.8 Å². The molecule has 0 saturated carbocycles. The normalized spacial score (nSPS) is 18.6. The van der Waals surface area contributed by atoms with E-state index in [0.29, 0.717) is 12.5 Å². The van der Waals surface area contributed by atoms with Gasteiger partial charge in [0, 0.05) is 31.4 Å². The lowest BCUT2D eigenvalue weighted by atomic mass is 9.96. The topological polar surface area (TPSA) is 56.0 Å². The van der Waals surface area contributed by atoms with Crippen LogP contribution in [0.15, 0.2) is 23.3 Å². The molecule has 1 saturated heterocycles. The van der Waals surface area contributed by atoms with Crippen molar-refractivity contribution in [2.75, 3.05) is 13.1 Å². The van der Waals surface area contributed by atoms with Gasteiger partial charge in [0.05, 0.1) is 12.0 Å². The zero-order valence-corrected chi connectivity index (χ0v) is 14.7. The van der Waals surface area contributed by atoms with Gasteiger partial charge in [0.25, 0.3) is 12.0 Å². The Balaban J connectivity index is 1.30. The number of hydrogen-bond acceptors (Lipinski definition) is 4. The quantitative estimate of drug-likeness (QED) is 0.818. The monoisotopic (exact) mass is 363 g/mol. The first kappa shape index (κ1) is 17.3. The molecule has 6 nitrogen and oxygen atoms in total. The van der Waals surface area contributed by atoms with Crippen LogP contribution in [0, 0.1) is 5.92 Å². The molecule has 0 aromatic carbocycles. The zero-order valence-electron chi connectivity index (χ0n) is 14.7. The fraction of sp³-hybridized carbons (Fsp3) is 0.611. The molecule has 2 aliphatic heterocycles. The summed E-state index contributed by atoms with van der Waals surface area (Å²) in [5.41, 5.74) is 1.63. The van der Waals surface area contributed by atoms with Crippen LogP contribution in [-0.4, -0.2) is 37.3 Å². The number of halogens is 2. The Morgan fingerprint density at radius 1 is 1.19 bits per heavy atom. The van der Waals surface area contributed by atoms with E-state index in [4.69, 9.17) is 0 Å². The minimum Gasteiger partial charge on any atom is -0.299 e. The van der Waals surface area contributed by atoms with Crippen LogP contribution < -0.4 is 5.56 Å². The zero-order chi connectivity index (χ0) is 18.1. The molecule has 140 valence electrons. The van der Waals surface area contributed by atoms with Gasteiger partial charge in [-0.15, -0.1) is 0 Å². The molecule has 0 N–H and O–H groups in total. The Bertz CT molecular complexity index is 802. The van der Waals surface area contributed by atoms with Crippen molar-refractivity contribution in [2.24, 2.45) is 5.92 Å². The molecule has 0 bridgehead atoms. The number of nitrogens with zero attached hydrogens (tertiary/aromatic N) is 5. The van der Waals surface area contributed by atoms with E-state index in [-0.39, 0.29) is 0 Å². The summed E-state index contributed by atoms with van der Waals surface area (Å²) < 4.78 is 28.7. The number of piperidine rings is 1. The average Bonchev–Trinajstić information content (AvgIpc) is 3.19. The third kappa shape index (κ3) is 3.70. The maximum Gasteiger partial charge on any atom is 0.280 e. The molecule has 0 spiro atoms. The van der Waals surface area contributed by atoms with Crippen LogP contribution in [0.3, 0.4) is 0 Å². The lowest BCUT2D eigenvalue weighted by Gasteiger charge is -2.31. The lowest BCUT2D eigenvalue weighted by Crippen LogP contribution is -2.36. The maximum absolute atomic E-state index is 12.6. The highest BCUT2D eigenvalue weighted by Crippen LogP contribution is 2.22. The second-order valence-electron chi connectivity index (χ2n) is 7.28. The molecule has 2 aliphatic rings. The van der Waals surface area contributed by atoms with Gasteiger partial charge in [-0.05, 0) is 50.8 Å². The van der Waals surface area contributed by atoms with E-state index in [2.05, 4.69) is 25.7 Å². The largest absolute Gasteiger partial charge is 0.299 e. The summed E-state index contributed by atoms with van der Waals surface area (Å²) in [6.07, 6.45) is 2.84. The first-order chi connectivity index (χ1) is 12.6. The molecule has 0 radical (unpaired) electrons. The summed E-state index contributed by atoms with van der Waals surface area (Å²) in [5.74, 6) is 0.371. The summed E-state index contributed by atoms with van der Waals surface area (Å²) in [4.78, 5) is 18.1. The van der Waals surface area contributed by atoms with E-state index in [1.54, 1.807) is 0 Å². The van der Waals surface area contributed by atoms with E-state index < -0.39 is 17.7 Å². The van der Waals surface area contributed by atoms with Crippen LogP contribution in [0.1, 0.15) is 42.8 Å². The predicted octanol–water partition coefficient (Wildman–Crippen LogP) is 2.24. The Kier molecular flexibility index (Phi) is 4.84. The molecule has 26 heavy (non-hydrogen) atoms. The van der Waals surface area contributed by atoms with Gasteiger partial charge in [-0.2, -0.15) is 5.10 Å². The van der Waals surface area contributed by atoms with E-state index in [1.165, 1.54) is 23.0 Å². The van der Waals surface area contributed by atoms with E-state index in [0.717, 1.165) is 57.2 Å². The first-order valence-electron chi connectivity index (χ1n) is 9.21. The lowest BCUT2D eigenvalue weighted by molar-refractivity contribution is 0.144. The summed E-state index contributed by atoms with van der Waals surface area (Å²) in [6.45, 7) is 4.37. The fourth-order valence-electron chi connectivity index (χ4n) is 3.93. The van der Waals surface area contributed by atoms with Crippen molar-refractivity contribution < 1.29 is 8.78 Å². The SMILES string of the molecule is O=c1cc(C(F)F)ncn1CC1CCN(Cc2cc3n(n2)CCC3)CC1. The van der Waals surface area contributed by atoms with Crippen molar-refractivity contribution in [3.8, 4) is 0 Å². The molecule has 0 aliphatic carbocycles. The second kappa shape index (κ2) is 7.26. The summed E-state index contributed by atoms with van der Waals surface area (Å²) in [7, 11) is 0. The van der Waals surface area contributed by atoms with Crippen molar-refractivity contribution in [1.82, 2.24) is 24.2 Å². The standard InChI is InChI=1S/C18H23F2N5O/c19-18(20)16-9-17(26)24(12-21-16)10-13-3-6-23(7-4-13)11-14-8-15-2-1-5-25(15)22-14/h8-9,12-13,18H,1-7,10-11H2. The molecular formula is C18H23F2N5O. The van der Waals surface area contributed by atoms with Gasteiger partial charge < -0.3 is 0 Å². The fourth-order valence-corrected chi connectivity index (χ4v) is 3.93. The van der Waals surface area contributed by atoms with E-state index in [1.807, 2.05) is 0 Å². The number of rotatable bonds is 5. The third-order valence-corrected chi connectivity index (χ3v) is 5.39. The van der Waals surface area contributed by atoms with Gasteiger partial charge in [-0.3, -0.25) is 18.9 Å². The van der Waals surface area contributed by atoms with Crippen LogP contribution in [0.4, 0.5) is 8.78 Å². The minimum atomic E-state index is -2.70. The molecule has 4 heterocycles. The van der Waals surface area contributed by atoms with E-state index >= 15 is 0 Å². The number of aromatic nitrogens is 4. The van der Waals surface area contributed by atoms with E-state index in [9.17, 15) is 13.6 Å². The Hall–Kier alpha value is -2.09. The molecule has 2 aromatic heterocycles.